The molecule has 0 aliphatic rings. The van der Waals surface area contributed by atoms with Crippen molar-refractivity contribution in [1.82, 2.24) is 14.2 Å². The molecule has 0 amide bonds. The van der Waals surface area contributed by atoms with E-state index in [-0.39, 0.29) is 11.1 Å². The van der Waals surface area contributed by atoms with Crippen LogP contribution in [0.1, 0.15) is 52.8 Å². The number of carboxylic acid groups (broad SMARTS) is 1. The smallest absolute Gasteiger partial charge is 0.335 e. The fraction of sp³-hybridized carbons (Fsp3) is 0.200. The zero-order valence-electron chi connectivity index (χ0n) is 21.2. The Kier molecular flexibility index (Phi) is 7.24. The van der Waals surface area contributed by atoms with E-state index in [1.54, 1.807) is 30.5 Å². The largest absolute Gasteiger partial charge is 0.478 e. The van der Waals surface area contributed by atoms with Gasteiger partial charge in [-0.1, -0.05) is 59.6 Å². The summed E-state index contributed by atoms with van der Waals surface area (Å²) in [6.45, 7) is 4.63. The first kappa shape index (κ1) is 25.6. The van der Waals surface area contributed by atoms with Crippen LogP contribution in [0.5, 0.6) is 0 Å². The molecule has 0 radical (unpaired) electrons. The molecule has 0 aliphatic heterocycles. The lowest BCUT2D eigenvalue weighted by atomic mass is 10.1. The maximum absolute atomic E-state index is 13.5. The van der Waals surface area contributed by atoms with Gasteiger partial charge in [-0.05, 0) is 55.3 Å². The highest BCUT2D eigenvalue weighted by Gasteiger charge is 2.15. The van der Waals surface area contributed by atoms with Crippen LogP contribution in [0.25, 0.3) is 21.8 Å². The van der Waals surface area contributed by atoms with Gasteiger partial charge < -0.3 is 9.67 Å². The summed E-state index contributed by atoms with van der Waals surface area (Å²) in [5.74, 6) is -0.316. The van der Waals surface area contributed by atoms with Crippen molar-refractivity contribution in [3.8, 4) is 0 Å². The number of nitrogens with zero attached hydrogens (tertiary/aromatic N) is 4. The van der Waals surface area contributed by atoms with E-state index in [2.05, 4.69) is 32.5 Å². The molecule has 0 saturated carbocycles. The molecule has 0 bridgehead atoms. The first-order chi connectivity index (χ1) is 18.4. The summed E-state index contributed by atoms with van der Waals surface area (Å²) in [5, 5.41) is 15.6. The van der Waals surface area contributed by atoms with Crippen LogP contribution in [0.2, 0.25) is 0 Å². The first-order valence-corrected chi connectivity index (χ1v) is 13.3. The molecule has 8 heteroatoms. The van der Waals surface area contributed by atoms with E-state index in [0.717, 1.165) is 45.0 Å². The number of benzene rings is 3. The Hall–Kier alpha value is -4.04. The molecule has 5 aromatic rings. The van der Waals surface area contributed by atoms with Crippen LogP contribution in [0, 0.1) is 6.92 Å². The van der Waals surface area contributed by atoms with Crippen molar-refractivity contribution >= 4 is 49.9 Å². The molecule has 3 aromatic carbocycles. The SMILES string of the molecule is CCCCc1nc2ccc(Br)cc2c(=O)n1N=Cc1c(C)n(Cc2cccc(C(=O)O)c2)c2ccccc12. The van der Waals surface area contributed by atoms with Crippen molar-refractivity contribution in [2.24, 2.45) is 5.10 Å². The maximum atomic E-state index is 13.5. The van der Waals surface area contributed by atoms with Gasteiger partial charge in [0, 0.05) is 39.6 Å². The molecule has 0 saturated heterocycles. The van der Waals surface area contributed by atoms with Crippen molar-refractivity contribution in [3.63, 3.8) is 0 Å². The second-order valence-corrected chi connectivity index (χ2v) is 10.2. The highest BCUT2D eigenvalue weighted by Crippen LogP contribution is 2.26. The highest BCUT2D eigenvalue weighted by atomic mass is 79.9. The van der Waals surface area contributed by atoms with Gasteiger partial charge in [-0.25, -0.2) is 9.78 Å². The number of carboxylic acids is 1. The van der Waals surface area contributed by atoms with Gasteiger partial charge in [0.25, 0.3) is 5.56 Å². The predicted octanol–water partition coefficient (Wildman–Crippen LogP) is 6.39. The average Bonchev–Trinajstić information content (AvgIpc) is 3.18. The Balaban J connectivity index is 1.62. The number of para-hydroxylation sites is 1. The van der Waals surface area contributed by atoms with Gasteiger partial charge >= 0.3 is 5.97 Å². The Morgan fingerprint density at radius 3 is 2.68 bits per heavy atom. The fourth-order valence-electron chi connectivity index (χ4n) is 4.74. The van der Waals surface area contributed by atoms with Crippen LogP contribution in [-0.2, 0) is 13.0 Å². The zero-order chi connectivity index (χ0) is 26.8. The molecule has 38 heavy (non-hydrogen) atoms. The molecular formula is C30H27BrN4O3. The Morgan fingerprint density at radius 1 is 1.08 bits per heavy atom. The third-order valence-corrected chi connectivity index (χ3v) is 7.22. The molecule has 7 nitrogen and oxygen atoms in total. The monoisotopic (exact) mass is 570 g/mol. The molecule has 0 aliphatic carbocycles. The predicted molar refractivity (Wildman–Crippen MR) is 154 cm³/mol. The number of halogens is 1. The maximum Gasteiger partial charge on any atom is 0.335 e. The number of aromatic carboxylic acids is 1. The minimum Gasteiger partial charge on any atom is -0.478 e. The number of hydrogen-bond acceptors (Lipinski definition) is 4. The van der Waals surface area contributed by atoms with E-state index in [1.807, 2.05) is 49.4 Å². The van der Waals surface area contributed by atoms with E-state index < -0.39 is 5.97 Å². The molecule has 2 heterocycles. The summed E-state index contributed by atoms with van der Waals surface area (Å²) in [6, 6.07) is 20.5. The quantitative estimate of drug-likeness (QED) is 0.219. The third kappa shape index (κ3) is 4.91. The van der Waals surface area contributed by atoms with Crippen molar-refractivity contribution in [1.29, 1.82) is 0 Å². The summed E-state index contributed by atoms with van der Waals surface area (Å²) in [6.07, 6.45) is 4.27. The van der Waals surface area contributed by atoms with Crippen molar-refractivity contribution < 1.29 is 9.90 Å². The fourth-order valence-corrected chi connectivity index (χ4v) is 5.10. The standard InChI is InChI=1S/C30H27BrN4O3/c1-3-4-12-28-33-26-14-13-22(31)16-24(26)29(36)35(28)32-17-25-19(2)34(27-11-6-5-10-23(25)27)18-20-8-7-9-21(15-20)30(37)38/h5-11,13-17H,3-4,12,18H2,1-2H3,(H,37,38). The number of rotatable bonds is 8. The zero-order valence-corrected chi connectivity index (χ0v) is 22.8. The Labute approximate surface area is 228 Å². The lowest BCUT2D eigenvalue weighted by Crippen LogP contribution is -2.22. The van der Waals surface area contributed by atoms with Gasteiger partial charge in [0.15, 0.2) is 0 Å². The molecule has 0 unspecified atom stereocenters. The van der Waals surface area contributed by atoms with E-state index in [9.17, 15) is 14.7 Å². The average molecular weight is 571 g/mol. The van der Waals surface area contributed by atoms with E-state index in [1.165, 1.54) is 4.68 Å². The normalized spacial score (nSPS) is 11.7. The number of fused-ring (bicyclic) bond motifs is 2. The second kappa shape index (κ2) is 10.8. The van der Waals surface area contributed by atoms with Crippen LogP contribution in [0.15, 0.2) is 81.1 Å². The topological polar surface area (TPSA) is 89.5 Å². The van der Waals surface area contributed by atoms with E-state index >= 15 is 0 Å². The van der Waals surface area contributed by atoms with Crippen LogP contribution >= 0.6 is 15.9 Å². The van der Waals surface area contributed by atoms with Crippen molar-refractivity contribution in [2.45, 2.75) is 39.7 Å². The lowest BCUT2D eigenvalue weighted by Gasteiger charge is -2.10. The van der Waals surface area contributed by atoms with Gasteiger partial charge in [-0.15, -0.1) is 0 Å². The minimum absolute atomic E-state index is 0.203. The van der Waals surface area contributed by atoms with Crippen LogP contribution in [0.3, 0.4) is 0 Å². The lowest BCUT2D eigenvalue weighted by molar-refractivity contribution is 0.0696. The summed E-state index contributed by atoms with van der Waals surface area (Å²) >= 11 is 3.46. The molecular weight excluding hydrogens is 544 g/mol. The molecule has 0 atom stereocenters. The van der Waals surface area contributed by atoms with Crippen molar-refractivity contribution in [2.75, 3.05) is 0 Å². The number of aryl methyl sites for hydroxylation is 1. The summed E-state index contributed by atoms with van der Waals surface area (Å²) in [5.41, 5.74) is 4.48. The number of carbonyl (C=O) groups is 1. The summed E-state index contributed by atoms with van der Waals surface area (Å²) in [7, 11) is 0. The van der Waals surface area contributed by atoms with Gasteiger partial charge in [0.2, 0.25) is 0 Å². The number of unbranched alkanes of at least 4 members (excludes halogenated alkanes) is 1. The number of hydrogen-bond donors (Lipinski definition) is 1. The van der Waals surface area contributed by atoms with Gasteiger partial charge in [0.1, 0.15) is 5.82 Å². The Morgan fingerprint density at radius 2 is 1.89 bits per heavy atom. The van der Waals surface area contributed by atoms with Crippen molar-refractivity contribution in [3.05, 3.63) is 110 Å². The van der Waals surface area contributed by atoms with Crippen LogP contribution in [0.4, 0.5) is 0 Å². The molecule has 192 valence electrons. The molecule has 0 spiro atoms. The molecule has 5 rings (SSSR count). The van der Waals surface area contributed by atoms with Gasteiger partial charge in [0.05, 0.1) is 22.7 Å². The van der Waals surface area contributed by atoms with E-state index in [4.69, 9.17) is 4.98 Å². The molecule has 2 aromatic heterocycles. The highest BCUT2D eigenvalue weighted by molar-refractivity contribution is 9.10. The number of aromatic nitrogens is 3. The van der Waals surface area contributed by atoms with Gasteiger partial charge in [-0.3, -0.25) is 4.79 Å². The first-order valence-electron chi connectivity index (χ1n) is 12.5. The van der Waals surface area contributed by atoms with E-state index in [0.29, 0.717) is 29.7 Å². The molecule has 0 fully saturated rings. The van der Waals surface area contributed by atoms with Gasteiger partial charge in [-0.2, -0.15) is 9.78 Å². The second-order valence-electron chi connectivity index (χ2n) is 9.26. The molecule has 1 N–H and O–H groups in total. The van der Waals surface area contributed by atoms with Crippen LogP contribution in [-0.4, -0.2) is 31.5 Å². The minimum atomic E-state index is -0.950. The summed E-state index contributed by atoms with van der Waals surface area (Å²) in [4.78, 5) is 29.7. The summed E-state index contributed by atoms with van der Waals surface area (Å²) < 4.78 is 4.38. The third-order valence-electron chi connectivity index (χ3n) is 6.73. The Bertz CT molecular complexity index is 1770. The van der Waals surface area contributed by atoms with Crippen LogP contribution < -0.4 is 5.56 Å².